The van der Waals surface area contributed by atoms with Gasteiger partial charge in [0.25, 0.3) is 0 Å². The van der Waals surface area contributed by atoms with Crippen LogP contribution in [0.1, 0.15) is 29.9 Å². The Bertz CT molecular complexity index is 950. The second kappa shape index (κ2) is 9.05. The Labute approximate surface area is 180 Å². The summed E-state index contributed by atoms with van der Waals surface area (Å²) in [6.07, 6.45) is -0.640. The third-order valence-electron chi connectivity index (χ3n) is 5.53. The Kier molecular flexibility index (Phi) is 6.45. The summed E-state index contributed by atoms with van der Waals surface area (Å²) in [6.45, 7) is 0.385. The van der Waals surface area contributed by atoms with Crippen LogP contribution in [0.5, 0.6) is 0 Å². The molecule has 0 aliphatic heterocycles. The summed E-state index contributed by atoms with van der Waals surface area (Å²) in [4.78, 5) is 25.5. The van der Waals surface area contributed by atoms with Gasteiger partial charge in [0.2, 0.25) is 0 Å². The van der Waals surface area contributed by atoms with E-state index < -0.39 is 17.7 Å². The number of hydrogen-bond donors (Lipinski definition) is 5. The van der Waals surface area contributed by atoms with Crippen molar-refractivity contribution < 1.29 is 19.4 Å². The minimum Gasteiger partial charge on any atom is -0.478 e. The molecule has 0 unspecified atom stereocenters. The third kappa shape index (κ3) is 4.77. The van der Waals surface area contributed by atoms with Crippen molar-refractivity contribution in [3.63, 3.8) is 0 Å². The van der Waals surface area contributed by atoms with E-state index in [4.69, 9.17) is 21.6 Å². The van der Waals surface area contributed by atoms with E-state index in [2.05, 4.69) is 5.32 Å². The summed E-state index contributed by atoms with van der Waals surface area (Å²) < 4.78 is 5.39. The molecule has 0 radical (unpaired) electrons. The van der Waals surface area contributed by atoms with Crippen LogP contribution in [-0.4, -0.2) is 53.9 Å². The summed E-state index contributed by atoms with van der Waals surface area (Å²) in [5.74, 6) is -1.65. The molecule has 9 heteroatoms. The number of aliphatic carboxylic acids is 1. The minimum atomic E-state index is -1.99. The maximum atomic E-state index is 12.4. The number of carbonyl (C=O) groups excluding carboxylic acids is 1. The standard InChI is InChI=1S/C22H27N5O4/c1-27(20(23)24)12-6-11-22(25,19(28)29)26-21(30)31-13-18-16-9-4-2-7-14(16)15-8-3-5-10-17(15)18/h2-5,7-10,18H,6,11-13,25H2,1H3,(H3,23,24)(H,26,30)(H,28,29)/t22-/m0/s1. The number of nitrogens with one attached hydrogen (secondary N) is 2. The van der Waals surface area contributed by atoms with E-state index in [9.17, 15) is 14.7 Å². The van der Waals surface area contributed by atoms with Gasteiger partial charge < -0.3 is 20.5 Å². The molecule has 0 heterocycles. The zero-order valence-electron chi connectivity index (χ0n) is 17.3. The maximum absolute atomic E-state index is 12.4. The highest BCUT2D eigenvalue weighted by atomic mass is 16.5. The zero-order chi connectivity index (χ0) is 22.6. The molecule has 164 valence electrons. The number of hydrogen-bond acceptors (Lipinski definition) is 5. The molecule has 0 saturated carbocycles. The number of benzene rings is 2. The normalized spacial score (nSPS) is 14.1. The van der Waals surface area contributed by atoms with Crippen molar-refractivity contribution in [2.75, 3.05) is 20.2 Å². The number of carboxylic acid groups (broad SMARTS) is 1. The average molecular weight is 425 g/mol. The number of amides is 1. The van der Waals surface area contributed by atoms with Crippen LogP contribution in [-0.2, 0) is 9.53 Å². The highest BCUT2D eigenvalue weighted by Crippen LogP contribution is 2.44. The minimum absolute atomic E-state index is 0.0514. The fourth-order valence-corrected chi connectivity index (χ4v) is 3.76. The van der Waals surface area contributed by atoms with Gasteiger partial charge in [-0.3, -0.25) is 16.5 Å². The third-order valence-corrected chi connectivity index (χ3v) is 5.53. The summed E-state index contributed by atoms with van der Waals surface area (Å²) in [6, 6.07) is 15.9. The first-order valence-corrected chi connectivity index (χ1v) is 9.93. The molecule has 0 spiro atoms. The molecule has 9 nitrogen and oxygen atoms in total. The number of guanidine groups is 1. The summed E-state index contributed by atoms with van der Waals surface area (Å²) in [5.41, 5.74) is 13.6. The van der Waals surface area contributed by atoms with E-state index in [-0.39, 0.29) is 24.9 Å². The van der Waals surface area contributed by atoms with Crippen LogP contribution >= 0.6 is 0 Å². The second-order valence-corrected chi connectivity index (χ2v) is 7.64. The molecule has 1 aliphatic carbocycles. The maximum Gasteiger partial charge on any atom is 0.409 e. The fraction of sp³-hybridized carbons (Fsp3) is 0.318. The second-order valence-electron chi connectivity index (χ2n) is 7.64. The van der Waals surface area contributed by atoms with E-state index in [1.165, 1.54) is 4.90 Å². The number of fused-ring (bicyclic) bond motifs is 3. The molecule has 7 N–H and O–H groups in total. The smallest absolute Gasteiger partial charge is 0.409 e. The van der Waals surface area contributed by atoms with E-state index in [1.807, 2.05) is 48.5 Å². The summed E-state index contributed by atoms with van der Waals surface area (Å²) in [5, 5.41) is 19.1. The van der Waals surface area contributed by atoms with Crippen LogP contribution in [0.4, 0.5) is 4.79 Å². The predicted octanol–water partition coefficient (Wildman–Crippen LogP) is 1.87. The number of alkyl carbamates (subject to hydrolysis) is 1. The lowest BCUT2D eigenvalue weighted by molar-refractivity contribution is -0.144. The number of rotatable bonds is 8. The van der Waals surface area contributed by atoms with Crippen molar-refractivity contribution in [1.82, 2.24) is 10.2 Å². The lowest BCUT2D eigenvalue weighted by Crippen LogP contribution is -2.61. The van der Waals surface area contributed by atoms with E-state index >= 15 is 0 Å². The van der Waals surface area contributed by atoms with Crippen molar-refractivity contribution in [3.8, 4) is 11.1 Å². The van der Waals surface area contributed by atoms with Crippen LogP contribution in [0.3, 0.4) is 0 Å². The molecule has 0 bridgehead atoms. The molecule has 2 aromatic carbocycles. The van der Waals surface area contributed by atoms with Crippen molar-refractivity contribution in [1.29, 1.82) is 5.41 Å². The Balaban J connectivity index is 1.63. The Morgan fingerprint density at radius 2 is 1.71 bits per heavy atom. The lowest BCUT2D eigenvalue weighted by Gasteiger charge is -2.27. The van der Waals surface area contributed by atoms with Crippen molar-refractivity contribution in [2.24, 2.45) is 11.5 Å². The van der Waals surface area contributed by atoms with E-state index in [1.54, 1.807) is 7.05 Å². The van der Waals surface area contributed by atoms with Crippen LogP contribution in [0.15, 0.2) is 48.5 Å². The number of ether oxygens (including phenoxy) is 1. The first-order valence-electron chi connectivity index (χ1n) is 9.93. The van der Waals surface area contributed by atoms with Gasteiger partial charge in [-0.2, -0.15) is 0 Å². The van der Waals surface area contributed by atoms with Crippen molar-refractivity contribution in [2.45, 2.75) is 24.4 Å². The van der Waals surface area contributed by atoms with Gasteiger partial charge in [-0.05, 0) is 35.1 Å². The number of nitrogens with two attached hydrogens (primary N) is 2. The molecule has 31 heavy (non-hydrogen) atoms. The van der Waals surface area contributed by atoms with Gasteiger partial charge in [0.15, 0.2) is 11.6 Å². The van der Waals surface area contributed by atoms with Gasteiger partial charge in [0.1, 0.15) is 6.61 Å². The molecule has 0 saturated heterocycles. The molecular weight excluding hydrogens is 398 g/mol. The number of carbonyl (C=O) groups is 2. The molecule has 1 amide bonds. The van der Waals surface area contributed by atoms with Gasteiger partial charge in [-0.15, -0.1) is 0 Å². The zero-order valence-corrected chi connectivity index (χ0v) is 17.3. The monoisotopic (exact) mass is 425 g/mol. The molecular formula is C22H27N5O4. The van der Waals surface area contributed by atoms with Crippen LogP contribution < -0.4 is 16.8 Å². The number of carboxylic acids is 1. The van der Waals surface area contributed by atoms with Gasteiger partial charge in [0, 0.05) is 19.5 Å². The fourth-order valence-electron chi connectivity index (χ4n) is 3.76. The van der Waals surface area contributed by atoms with Crippen LogP contribution in [0, 0.1) is 5.41 Å². The highest BCUT2D eigenvalue weighted by Gasteiger charge is 2.37. The van der Waals surface area contributed by atoms with Gasteiger partial charge in [0.05, 0.1) is 0 Å². The molecule has 1 atom stereocenters. The summed E-state index contributed by atoms with van der Waals surface area (Å²) in [7, 11) is 1.61. The SMILES string of the molecule is CN(CCC[C@](N)(NC(=O)OCC1c2ccccc2-c2ccccc21)C(=O)O)C(=N)N. The quantitative estimate of drug-likeness (QED) is 0.246. The Morgan fingerprint density at radius 3 is 2.23 bits per heavy atom. The van der Waals surface area contributed by atoms with E-state index in [0.717, 1.165) is 22.3 Å². The first kappa shape index (κ1) is 22.1. The van der Waals surface area contributed by atoms with Gasteiger partial charge in [-0.25, -0.2) is 9.59 Å². The average Bonchev–Trinajstić information content (AvgIpc) is 3.06. The molecule has 2 aromatic rings. The first-order chi connectivity index (χ1) is 14.7. The largest absolute Gasteiger partial charge is 0.478 e. The van der Waals surface area contributed by atoms with E-state index in [0.29, 0.717) is 13.0 Å². The van der Waals surface area contributed by atoms with Crippen molar-refractivity contribution >= 4 is 18.0 Å². The summed E-state index contributed by atoms with van der Waals surface area (Å²) >= 11 is 0. The topological polar surface area (TPSA) is 155 Å². The Morgan fingerprint density at radius 1 is 1.16 bits per heavy atom. The number of nitrogens with zero attached hydrogens (tertiary/aromatic N) is 1. The van der Waals surface area contributed by atoms with Gasteiger partial charge in [-0.1, -0.05) is 48.5 Å². The molecule has 1 aliphatic rings. The van der Waals surface area contributed by atoms with Gasteiger partial charge >= 0.3 is 12.1 Å². The lowest BCUT2D eigenvalue weighted by atomic mass is 9.98. The van der Waals surface area contributed by atoms with Crippen molar-refractivity contribution in [3.05, 3.63) is 59.7 Å². The van der Waals surface area contributed by atoms with Crippen LogP contribution in [0.2, 0.25) is 0 Å². The highest BCUT2D eigenvalue weighted by molar-refractivity contribution is 5.84. The Hall–Kier alpha value is -3.59. The molecule has 0 aromatic heterocycles. The molecule has 0 fully saturated rings. The molecule has 3 rings (SSSR count). The van der Waals surface area contributed by atoms with Crippen LogP contribution in [0.25, 0.3) is 11.1 Å². The predicted molar refractivity (Wildman–Crippen MR) is 117 cm³/mol.